The summed E-state index contributed by atoms with van der Waals surface area (Å²) in [5.74, 6) is 0.897. The van der Waals surface area contributed by atoms with Crippen LogP contribution in [0.5, 0.6) is 0 Å². The second-order valence-corrected chi connectivity index (χ2v) is 5.45. The maximum atomic E-state index is 4.36. The molecule has 1 aliphatic rings. The van der Waals surface area contributed by atoms with Crippen LogP contribution in [0.25, 0.3) is 11.0 Å². The predicted molar refractivity (Wildman–Crippen MR) is 75.0 cm³/mol. The molecular weight excluding hydrogens is 240 g/mol. The van der Waals surface area contributed by atoms with E-state index in [1.54, 1.807) is 11.0 Å². The van der Waals surface area contributed by atoms with Crippen LogP contribution in [0.4, 0.5) is 5.82 Å². The highest BCUT2D eigenvalue weighted by Gasteiger charge is 2.24. The van der Waals surface area contributed by atoms with Gasteiger partial charge in [0.25, 0.3) is 0 Å². The first-order valence-corrected chi connectivity index (χ1v) is 6.78. The van der Waals surface area contributed by atoms with Crippen molar-refractivity contribution >= 4 is 16.9 Å². The molecule has 6 heteroatoms. The van der Waals surface area contributed by atoms with Crippen LogP contribution in [0.3, 0.4) is 0 Å². The first-order chi connectivity index (χ1) is 9.15. The topological polar surface area (TPSA) is 58.9 Å². The Balaban J connectivity index is 1.79. The largest absolute Gasteiger partial charge is 0.365 e. The molecule has 1 saturated heterocycles. The second-order valence-electron chi connectivity index (χ2n) is 5.45. The Morgan fingerprint density at radius 1 is 1.37 bits per heavy atom. The van der Waals surface area contributed by atoms with Crippen molar-refractivity contribution in [1.29, 1.82) is 0 Å². The van der Waals surface area contributed by atoms with Gasteiger partial charge in [-0.05, 0) is 20.3 Å². The maximum absolute atomic E-state index is 4.36. The zero-order valence-electron chi connectivity index (χ0n) is 11.7. The van der Waals surface area contributed by atoms with Crippen LogP contribution < -0.4 is 5.32 Å². The third-order valence-corrected chi connectivity index (χ3v) is 3.82. The molecule has 0 amide bonds. The zero-order valence-corrected chi connectivity index (χ0v) is 11.7. The van der Waals surface area contributed by atoms with Gasteiger partial charge in [-0.1, -0.05) is 0 Å². The quantitative estimate of drug-likeness (QED) is 0.900. The lowest BCUT2D eigenvalue weighted by molar-refractivity contribution is 0.274. The highest BCUT2D eigenvalue weighted by molar-refractivity contribution is 5.86. The van der Waals surface area contributed by atoms with Crippen molar-refractivity contribution in [3.8, 4) is 0 Å². The monoisotopic (exact) mass is 260 g/mol. The van der Waals surface area contributed by atoms with Crippen molar-refractivity contribution in [2.45, 2.75) is 32.4 Å². The summed E-state index contributed by atoms with van der Waals surface area (Å²) in [6, 6.07) is 1.07. The van der Waals surface area contributed by atoms with E-state index in [2.05, 4.69) is 39.1 Å². The molecule has 2 aromatic heterocycles. The van der Waals surface area contributed by atoms with Crippen molar-refractivity contribution in [3.63, 3.8) is 0 Å². The van der Waals surface area contributed by atoms with Gasteiger partial charge in [0.15, 0.2) is 5.65 Å². The molecule has 2 aromatic rings. The average molecular weight is 260 g/mol. The van der Waals surface area contributed by atoms with Crippen molar-refractivity contribution in [2.24, 2.45) is 7.05 Å². The van der Waals surface area contributed by atoms with Crippen LogP contribution in [0.15, 0.2) is 12.5 Å². The number of likely N-dealkylation sites (tertiary alicyclic amines) is 1. The van der Waals surface area contributed by atoms with E-state index >= 15 is 0 Å². The van der Waals surface area contributed by atoms with Gasteiger partial charge in [-0.3, -0.25) is 9.58 Å². The van der Waals surface area contributed by atoms with E-state index in [4.69, 9.17) is 0 Å². The van der Waals surface area contributed by atoms with Gasteiger partial charge < -0.3 is 5.32 Å². The number of nitrogens with zero attached hydrogens (tertiary/aromatic N) is 5. The first kappa shape index (κ1) is 12.3. The van der Waals surface area contributed by atoms with Gasteiger partial charge in [0.05, 0.1) is 11.6 Å². The Morgan fingerprint density at radius 2 is 2.21 bits per heavy atom. The number of anilines is 1. The minimum Gasteiger partial charge on any atom is -0.365 e. The fraction of sp³-hybridized carbons (Fsp3) is 0.615. The summed E-state index contributed by atoms with van der Waals surface area (Å²) in [7, 11) is 1.90. The SMILES string of the molecule is CC(C)N1CC[C@H](Nc2ncnc3c2cnn3C)C1. The predicted octanol–water partition coefficient (Wildman–Crippen LogP) is 1.26. The average Bonchev–Trinajstić information content (AvgIpc) is 2.98. The highest BCUT2D eigenvalue weighted by atomic mass is 15.3. The van der Waals surface area contributed by atoms with Crippen LogP contribution >= 0.6 is 0 Å². The maximum Gasteiger partial charge on any atom is 0.163 e. The van der Waals surface area contributed by atoms with E-state index in [0.29, 0.717) is 12.1 Å². The van der Waals surface area contributed by atoms with Crippen LogP contribution in [-0.2, 0) is 7.05 Å². The second kappa shape index (κ2) is 4.77. The minimum atomic E-state index is 0.459. The number of rotatable bonds is 3. The fourth-order valence-electron chi connectivity index (χ4n) is 2.64. The Bertz CT molecular complexity index is 576. The van der Waals surface area contributed by atoms with Gasteiger partial charge in [0, 0.05) is 32.2 Å². The normalized spacial score (nSPS) is 20.5. The van der Waals surface area contributed by atoms with Gasteiger partial charge in [0.2, 0.25) is 0 Å². The molecule has 0 saturated carbocycles. The number of hydrogen-bond acceptors (Lipinski definition) is 5. The van der Waals surface area contributed by atoms with Crippen molar-refractivity contribution < 1.29 is 0 Å². The molecule has 0 aliphatic carbocycles. The molecule has 1 atom stereocenters. The van der Waals surface area contributed by atoms with Crippen LogP contribution in [0.2, 0.25) is 0 Å². The Labute approximate surface area is 112 Å². The van der Waals surface area contributed by atoms with Crippen LogP contribution in [-0.4, -0.2) is 49.8 Å². The van der Waals surface area contributed by atoms with Crippen molar-refractivity contribution in [3.05, 3.63) is 12.5 Å². The van der Waals surface area contributed by atoms with Gasteiger partial charge in [-0.15, -0.1) is 0 Å². The Morgan fingerprint density at radius 3 is 2.95 bits per heavy atom. The molecule has 6 nitrogen and oxygen atoms in total. The smallest absolute Gasteiger partial charge is 0.163 e. The van der Waals surface area contributed by atoms with Crippen LogP contribution in [0.1, 0.15) is 20.3 Å². The number of aromatic nitrogens is 4. The van der Waals surface area contributed by atoms with E-state index in [9.17, 15) is 0 Å². The van der Waals surface area contributed by atoms with Gasteiger partial charge >= 0.3 is 0 Å². The summed E-state index contributed by atoms with van der Waals surface area (Å²) in [6.07, 6.45) is 4.58. The van der Waals surface area contributed by atoms with E-state index in [1.807, 2.05) is 13.2 Å². The van der Waals surface area contributed by atoms with Gasteiger partial charge in [-0.25, -0.2) is 9.97 Å². The molecule has 3 rings (SSSR count). The van der Waals surface area contributed by atoms with Crippen LogP contribution in [0, 0.1) is 0 Å². The highest BCUT2D eigenvalue weighted by Crippen LogP contribution is 2.21. The summed E-state index contributed by atoms with van der Waals surface area (Å²) in [5.41, 5.74) is 0.871. The summed E-state index contributed by atoms with van der Waals surface area (Å²) < 4.78 is 1.78. The van der Waals surface area contributed by atoms with E-state index in [1.165, 1.54) is 0 Å². The molecule has 0 bridgehead atoms. The lowest BCUT2D eigenvalue weighted by Crippen LogP contribution is -2.31. The van der Waals surface area contributed by atoms with Crippen molar-refractivity contribution in [1.82, 2.24) is 24.6 Å². The molecule has 102 valence electrons. The molecule has 3 heterocycles. The summed E-state index contributed by atoms with van der Waals surface area (Å²) in [5, 5.41) is 8.77. The van der Waals surface area contributed by atoms with E-state index in [-0.39, 0.29) is 0 Å². The van der Waals surface area contributed by atoms with E-state index in [0.717, 1.165) is 36.4 Å². The molecule has 0 spiro atoms. The standard InChI is InChI=1S/C13H20N6/c1-9(2)19-5-4-10(7-19)17-12-11-6-16-18(3)13(11)15-8-14-12/h6,8-10H,4-5,7H2,1-3H3,(H,14,15,17)/t10-/m0/s1. The van der Waals surface area contributed by atoms with E-state index < -0.39 is 0 Å². The first-order valence-electron chi connectivity index (χ1n) is 6.78. The Hall–Kier alpha value is -1.69. The zero-order chi connectivity index (χ0) is 13.4. The van der Waals surface area contributed by atoms with Crippen molar-refractivity contribution in [2.75, 3.05) is 18.4 Å². The molecular formula is C13H20N6. The molecule has 1 aliphatic heterocycles. The number of nitrogens with one attached hydrogen (secondary N) is 1. The fourth-order valence-corrected chi connectivity index (χ4v) is 2.64. The number of aryl methyl sites for hydroxylation is 1. The molecule has 19 heavy (non-hydrogen) atoms. The third-order valence-electron chi connectivity index (χ3n) is 3.82. The molecule has 0 unspecified atom stereocenters. The van der Waals surface area contributed by atoms with Gasteiger partial charge in [0.1, 0.15) is 12.1 Å². The lowest BCUT2D eigenvalue weighted by atomic mass is 10.2. The molecule has 1 N–H and O–H groups in total. The molecule has 1 fully saturated rings. The number of fused-ring (bicyclic) bond motifs is 1. The lowest BCUT2D eigenvalue weighted by Gasteiger charge is -2.20. The summed E-state index contributed by atoms with van der Waals surface area (Å²) in [6.45, 7) is 6.71. The molecule has 0 aromatic carbocycles. The summed E-state index contributed by atoms with van der Waals surface area (Å²) in [4.78, 5) is 11.1. The summed E-state index contributed by atoms with van der Waals surface area (Å²) >= 11 is 0. The Kier molecular flexibility index (Phi) is 3.10. The molecule has 0 radical (unpaired) electrons. The van der Waals surface area contributed by atoms with Gasteiger partial charge in [-0.2, -0.15) is 5.10 Å². The third kappa shape index (κ3) is 2.28. The number of hydrogen-bond donors (Lipinski definition) is 1. The minimum absolute atomic E-state index is 0.459.